The molecule has 2 amide bonds. The summed E-state index contributed by atoms with van der Waals surface area (Å²) in [5.41, 5.74) is 2.35. The molecule has 1 aliphatic heterocycles. The Morgan fingerprint density at radius 1 is 1.04 bits per heavy atom. The van der Waals surface area contributed by atoms with Crippen LogP contribution < -0.4 is 10.2 Å². The number of amides is 2. The summed E-state index contributed by atoms with van der Waals surface area (Å²) in [6.45, 7) is 2.16. The van der Waals surface area contributed by atoms with Crippen molar-refractivity contribution in [3.8, 4) is 0 Å². The Bertz CT molecular complexity index is 978. The normalized spacial score (nSPS) is 15.4. The summed E-state index contributed by atoms with van der Waals surface area (Å²) in [5, 5.41) is 2.90. The first-order chi connectivity index (χ1) is 13.1. The van der Waals surface area contributed by atoms with Crippen LogP contribution in [0.3, 0.4) is 0 Å². The minimum atomic E-state index is -0.578. The molecule has 0 saturated carbocycles. The number of aryl methyl sites for hydroxylation is 1. The summed E-state index contributed by atoms with van der Waals surface area (Å²) < 4.78 is 5.51. The van der Waals surface area contributed by atoms with Crippen LogP contribution in [-0.4, -0.2) is 17.9 Å². The molecule has 0 unspecified atom stereocenters. The standard InChI is InChI=1S/C22H20N2O3/c1-15-11-12-18(27-15)14-23-21(25)20-13-17-9-5-6-10-19(17)24(20)22(26)16-7-3-2-4-8-16/h2-12,20H,13-14H2,1H3,(H,23,25)/t20-/m0/s1. The van der Waals surface area contributed by atoms with Crippen LogP contribution in [-0.2, 0) is 17.8 Å². The van der Waals surface area contributed by atoms with Crippen molar-refractivity contribution >= 4 is 17.5 Å². The van der Waals surface area contributed by atoms with Gasteiger partial charge >= 0.3 is 0 Å². The molecular formula is C22H20N2O3. The summed E-state index contributed by atoms with van der Waals surface area (Å²) in [4.78, 5) is 27.6. The van der Waals surface area contributed by atoms with Crippen LogP contribution in [0, 0.1) is 6.92 Å². The Labute approximate surface area is 157 Å². The quantitative estimate of drug-likeness (QED) is 0.775. The second-order valence-corrected chi connectivity index (χ2v) is 6.62. The number of para-hydroxylation sites is 1. The van der Waals surface area contributed by atoms with E-state index in [1.165, 1.54) is 0 Å². The Morgan fingerprint density at radius 2 is 1.78 bits per heavy atom. The fourth-order valence-electron chi connectivity index (χ4n) is 3.44. The number of nitrogens with zero attached hydrogens (tertiary/aromatic N) is 1. The van der Waals surface area contributed by atoms with E-state index in [0.29, 0.717) is 24.3 Å². The third-order valence-electron chi connectivity index (χ3n) is 4.75. The van der Waals surface area contributed by atoms with Gasteiger partial charge in [0.05, 0.1) is 6.54 Å². The molecule has 2 heterocycles. The van der Waals surface area contributed by atoms with Crippen LogP contribution in [0.1, 0.15) is 27.4 Å². The highest BCUT2D eigenvalue weighted by molar-refractivity contribution is 6.11. The summed E-state index contributed by atoms with van der Waals surface area (Å²) >= 11 is 0. The topological polar surface area (TPSA) is 62.6 Å². The lowest BCUT2D eigenvalue weighted by Gasteiger charge is -2.25. The van der Waals surface area contributed by atoms with Gasteiger partial charge in [-0.15, -0.1) is 0 Å². The molecule has 0 spiro atoms. The first-order valence-corrected chi connectivity index (χ1v) is 8.93. The van der Waals surface area contributed by atoms with Crippen molar-refractivity contribution in [2.75, 3.05) is 4.90 Å². The molecule has 27 heavy (non-hydrogen) atoms. The molecule has 3 aromatic rings. The summed E-state index contributed by atoms with van der Waals surface area (Å²) in [5.74, 6) is 1.13. The maximum Gasteiger partial charge on any atom is 0.259 e. The maximum absolute atomic E-state index is 13.1. The predicted octanol–water partition coefficient (Wildman–Crippen LogP) is 3.48. The molecule has 4 rings (SSSR count). The highest BCUT2D eigenvalue weighted by atomic mass is 16.3. The lowest BCUT2D eigenvalue weighted by atomic mass is 10.1. The van der Waals surface area contributed by atoms with Gasteiger partial charge in [-0.25, -0.2) is 0 Å². The van der Waals surface area contributed by atoms with E-state index < -0.39 is 6.04 Å². The number of hydrogen-bond acceptors (Lipinski definition) is 3. The van der Waals surface area contributed by atoms with Gasteiger partial charge in [0, 0.05) is 17.7 Å². The van der Waals surface area contributed by atoms with E-state index in [4.69, 9.17) is 4.42 Å². The molecule has 0 bridgehead atoms. The molecule has 5 nitrogen and oxygen atoms in total. The number of furan rings is 1. The van der Waals surface area contributed by atoms with Gasteiger partial charge in [-0.1, -0.05) is 36.4 Å². The fraction of sp³-hybridized carbons (Fsp3) is 0.182. The minimum absolute atomic E-state index is 0.172. The Hall–Kier alpha value is -3.34. The van der Waals surface area contributed by atoms with Gasteiger partial charge in [-0.3, -0.25) is 14.5 Å². The number of fused-ring (bicyclic) bond motifs is 1. The second kappa shape index (κ2) is 7.11. The van der Waals surface area contributed by atoms with Crippen molar-refractivity contribution < 1.29 is 14.0 Å². The molecular weight excluding hydrogens is 340 g/mol. The third-order valence-corrected chi connectivity index (χ3v) is 4.75. The third kappa shape index (κ3) is 3.36. The molecule has 1 atom stereocenters. The maximum atomic E-state index is 13.1. The monoisotopic (exact) mass is 360 g/mol. The van der Waals surface area contributed by atoms with Crippen molar-refractivity contribution in [1.82, 2.24) is 5.32 Å². The van der Waals surface area contributed by atoms with E-state index in [-0.39, 0.29) is 11.8 Å². The molecule has 0 fully saturated rings. The van der Waals surface area contributed by atoms with Crippen LogP contribution in [0.4, 0.5) is 5.69 Å². The highest BCUT2D eigenvalue weighted by Gasteiger charge is 2.38. The van der Waals surface area contributed by atoms with Gasteiger partial charge in [0.15, 0.2) is 0 Å². The van der Waals surface area contributed by atoms with E-state index in [0.717, 1.165) is 17.0 Å². The van der Waals surface area contributed by atoms with Crippen molar-refractivity contribution in [1.29, 1.82) is 0 Å². The highest BCUT2D eigenvalue weighted by Crippen LogP contribution is 2.33. The summed E-state index contributed by atoms with van der Waals surface area (Å²) in [6, 6.07) is 19.8. The number of anilines is 1. The Morgan fingerprint density at radius 3 is 2.52 bits per heavy atom. The van der Waals surface area contributed by atoms with Crippen LogP contribution in [0.2, 0.25) is 0 Å². The van der Waals surface area contributed by atoms with Crippen LogP contribution in [0.15, 0.2) is 71.1 Å². The zero-order valence-electron chi connectivity index (χ0n) is 15.0. The van der Waals surface area contributed by atoms with Gasteiger partial charge in [-0.2, -0.15) is 0 Å². The lowest BCUT2D eigenvalue weighted by molar-refractivity contribution is -0.122. The number of hydrogen-bond donors (Lipinski definition) is 1. The van der Waals surface area contributed by atoms with Crippen LogP contribution >= 0.6 is 0 Å². The molecule has 1 aromatic heterocycles. The molecule has 1 aliphatic rings. The smallest absolute Gasteiger partial charge is 0.259 e. The van der Waals surface area contributed by atoms with E-state index in [1.807, 2.05) is 61.5 Å². The van der Waals surface area contributed by atoms with Gasteiger partial charge in [0.1, 0.15) is 17.6 Å². The predicted molar refractivity (Wildman–Crippen MR) is 102 cm³/mol. The molecule has 0 saturated heterocycles. The van der Waals surface area contributed by atoms with Crippen molar-refractivity contribution in [2.45, 2.75) is 25.9 Å². The van der Waals surface area contributed by atoms with E-state index in [1.54, 1.807) is 17.0 Å². The van der Waals surface area contributed by atoms with Gasteiger partial charge in [0.2, 0.25) is 5.91 Å². The first kappa shape index (κ1) is 17.1. The van der Waals surface area contributed by atoms with E-state index >= 15 is 0 Å². The van der Waals surface area contributed by atoms with E-state index in [9.17, 15) is 9.59 Å². The Kier molecular flexibility index (Phi) is 4.50. The molecule has 2 aromatic carbocycles. The van der Waals surface area contributed by atoms with E-state index in [2.05, 4.69) is 5.32 Å². The first-order valence-electron chi connectivity index (χ1n) is 8.93. The van der Waals surface area contributed by atoms with Crippen LogP contribution in [0.25, 0.3) is 0 Å². The number of rotatable bonds is 4. The average molecular weight is 360 g/mol. The van der Waals surface area contributed by atoms with Crippen molar-refractivity contribution in [3.63, 3.8) is 0 Å². The summed E-state index contributed by atoms with van der Waals surface area (Å²) in [7, 11) is 0. The average Bonchev–Trinajstić information content (AvgIpc) is 3.29. The van der Waals surface area contributed by atoms with Crippen LogP contribution in [0.5, 0.6) is 0 Å². The molecule has 0 radical (unpaired) electrons. The molecule has 5 heteroatoms. The number of nitrogens with one attached hydrogen (secondary N) is 1. The number of carbonyl (C=O) groups is 2. The number of benzene rings is 2. The van der Waals surface area contributed by atoms with Gasteiger partial charge < -0.3 is 9.73 Å². The Balaban J connectivity index is 1.59. The molecule has 136 valence electrons. The second-order valence-electron chi connectivity index (χ2n) is 6.62. The summed E-state index contributed by atoms with van der Waals surface area (Å²) in [6.07, 6.45) is 0.498. The van der Waals surface area contributed by atoms with Gasteiger partial charge in [0.25, 0.3) is 5.91 Å². The van der Waals surface area contributed by atoms with Crippen molar-refractivity contribution in [2.24, 2.45) is 0 Å². The zero-order valence-corrected chi connectivity index (χ0v) is 15.0. The lowest BCUT2D eigenvalue weighted by Crippen LogP contribution is -2.47. The molecule has 0 aliphatic carbocycles. The fourth-order valence-corrected chi connectivity index (χ4v) is 3.44. The zero-order chi connectivity index (χ0) is 18.8. The minimum Gasteiger partial charge on any atom is -0.465 e. The number of carbonyl (C=O) groups excluding carboxylic acids is 2. The largest absolute Gasteiger partial charge is 0.465 e. The SMILES string of the molecule is Cc1ccc(CNC(=O)[C@@H]2Cc3ccccc3N2C(=O)c2ccccc2)o1. The van der Waals surface area contributed by atoms with Gasteiger partial charge in [-0.05, 0) is 42.8 Å². The molecule has 1 N–H and O–H groups in total. The van der Waals surface area contributed by atoms with Crippen molar-refractivity contribution in [3.05, 3.63) is 89.4 Å².